The summed E-state index contributed by atoms with van der Waals surface area (Å²) < 4.78 is 4.66. The second-order valence-corrected chi connectivity index (χ2v) is 4.90. The van der Waals surface area contributed by atoms with Crippen molar-refractivity contribution in [3.63, 3.8) is 0 Å². The quantitative estimate of drug-likeness (QED) is 0.646. The predicted octanol–water partition coefficient (Wildman–Crippen LogP) is 2.59. The van der Waals surface area contributed by atoms with E-state index in [4.69, 9.17) is 5.73 Å². The molecule has 0 aliphatic rings. The Balaban J connectivity index is 2.83. The highest BCUT2D eigenvalue weighted by molar-refractivity contribution is 7.99. The van der Waals surface area contributed by atoms with E-state index in [1.165, 1.54) is 7.11 Å². The first-order chi connectivity index (χ1) is 8.10. The number of carbonyl (C=O) groups is 1. The van der Waals surface area contributed by atoms with Crippen LogP contribution in [-0.4, -0.2) is 23.8 Å². The van der Waals surface area contributed by atoms with E-state index in [0.717, 1.165) is 12.2 Å². The molecular weight excluding hydrogens is 236 g/mol. The highest BCUT2D eigenvalue weighted by Gasteiger charge is 2.14. The second kappa shape index (κ2) is 6.49. The molecule has 0 aromatic carbocycles. The number of esters is 1. The van der Waals surface area contributed by atoms with Gasteiger partial charge in [0, 0.05) is 11.9 Å². The summed E-state index contributed by atoms with van der Waals surface area (Å²) in [5.74, 6) is 1.12. The summed E-state index contributed by atoms with van der Waals surface area (Å²) in [6.07, 6.45) is 2.70. The molecule has 1 aromatic heterocycles. The summed E-state index contributed by atoms with van der Waals surface area (Å²) >= 11 is 1.58. The number of thioether (sulfide) groups is 1. The summed E-state index contributed by atoms with van der Waals surface area (Å²) in [5.41, 5.74) is 6.70. The molecular formula is C12H18N2O2S. The maximum atomic E-state index is 11.4. The topological polar surface area (TPSA) is 65.2 Å². The number of aromatic nitrogens is 1. The van der Waals surface area contributed by atoms with Crippen molar-refractivity contribution in [3.05, 3.63) is 17.8 Å². The van der Waals surface area contributed by atoms with Crippen LogP contribution in [0.3, 0.4) is 0 Å². The molecule has 0 aliphatic carbocycles. The van der Waals surface area contributed by atoms with Crippen molar-refractivity contribution < 1.29 is 9.53 Å². The smallest absolute Gasteiger partial charge is 0.340 e. The Labute approximate surface area is 106 Å². The number of rotatable bonds is 5. The number of ether oxygens (including phenoxy) is 1. The number of pyridine rings is 1. The minimum atomic E-state index is -0.421. The van der Waals surface area contributed by atoms with Gasteiger partial charge >= 0.3 is 5.97 Å². The zero-order valence-corrected chi connectivity index (χ0v) is 11.2. The number of nitrogens with two attached hydrogens (primary N) is 1. The maximum Gasteiger partial charge on any atom is 0.340 e. The van der Waals surface area contributed by atoms with Crippen molar-refractivity contribution in [2.75, 3.05) is 18.6 Å². The second-order valence-electron chi connectivity index (χ2n) is 3.89. The number of nitrogens with zero attached hydrogens (tertiary/aromatic N) is 1. The fraction of sp³-hybridized carbons (Fsp3) is 0.500. The van der Waals surface area contributed by atoms with Gasteiger partial charge in [-0.2, -0.15) is 0 Å². The molecule has 4 nitrogen and oxygen atoms in total. The van der Waals surface area contributed by atoms with Crippen LogP contribution in [0.5, 0.6) is 0 Å². The largest absolute Gasteiger partial charge is 0.465 e. The predicted molar refractivity (Wildman–Crippen MR) is 70.2 cm³/mol. The number of nitrogen functional groups attached to an aromatic ring is 1. The average Bonchev–Trinajstić information content (AvgIpc) is 2.36. The Bertz CT molecular complexity index is 396. The third-order valence-electron chi connectivity index (χ3n) is 2.56. The number of hydrogen-bond donors (Lipinski definition) is 1. The first-order valence-electron chi connectivity index (χ1n) is 5.55. The monoisotopic (exact) mass is 254 g/mol. The molecule has 0 spiro atoms. The number of hydrogen-bond acceptors (Lipinski definition) is 5. The van der Waals surface area contributed by atoms with E-state index in [1.807, 2.05) is 0 Å². The Morgan fingerprint density at radius 1 is 1.65 bits per heavy atom. The van der Waals surface area contributed by atoms with E-state index in [0.29, 0.717) is 22.2 Å². The Morgan fingerprint density at radius 3 is 2.94 bits per heavy atom. The van der Waals surface area contributed by atoms with Crippen LogP contribution in [0.2, 0.25) is 0 Å². The number of carbonyl (C=O) groups excluding carboxylic acids is 1. The minimum Gasteiger partial charge on any atom is -0.465 e. The van der Waals surface area contributed by atoms with E-state index in [9.17, 15) is 4.79 Å². The van der Waals surface area contributed by atoms with Crippen LogP contribution in [0.1, 0.15) is 30.6 Å². The normalized spacial score (nSPS) is 12.2. The van der Waals surface area contributed by atoms with Crippen LogP contribution in [0.25, 0.3) is 0 Å². The molecule has 94 valence electrons. The molecule has 1 aromatic rings. The standard InChI is InChI=1S/C12H18N2O2S/c1-4-8(2)7-17-11-10(13)9(5-6-14-11)12(15)16-3/h5-6,8H,4,7,13H2,1-3H3. The molecule has 0 amide bonds. The van der Waals surface area contributed by atoms with E-state index in [2.05, 4.69) is 23.6 Å². The minimum absolute atomic E-state index is 0.383. The molecule has 0 saturated carbocycles. The van der Waals surface area contributed by atoms with Crippen LogP contribution >= 0.6 is 11.8 Å². The third-order valence-corrected chi connectivity index (χ3v) is 3.89. The van der Waals surface area contributed by atoms with Gasteiger partial charge in [0.25, 0.3) is 0 Å². The summed E-state index contributed by atoms with van der Waals surface area (Å²) in [4.78, 5) is 15.6. The molecule has 1 rings (SSSR count). The van der Waals surface area contributed by atoms with Gasteiger partial charge in [-0.15, -0.1) is 11.8 Å². The highest BCUT2D eigenvalue weighted by atomic mass is 32.2. The van der Waals surface area contributed by atoms with Crippen molar-refractivity contribution in [1.82, 2.24) is 4.98 Å². The van der Waals surface area contributed by atoms with Gasteiger partial charge < -0.3 is 10.5 Å². The van der Waals surface area contributed by atoms with Crippen LogP contribution in [0, 0.1) is 5.92 Å². The van der Waals surface area contributed by atoms with E-state index in [1.54, 1.807) is 24.0 Å². The van der Waals surface area contributed by atoms with E-state index in [-0.39, 0.29) is 0 Å². The van der Waals surface area contributed by atoms with Gasteiger partial charge in [0.1, 0.15) is 5.03 Å². The molecule has 0 radical (unpaired) electrons. The van der Waals surface area contributed by atoms with Crippen molar-refractivity contribution >= 4 is 23.4 Å². The molecule has 1 heterocycles. The van der Waals surface area contributed by atoms with E-state index >= 15 is 0 Å². The SMILES string of the molecule is CCC(C)CSc1nccc(C(=O)OC)c1N. The lowest BCUT2D eigenvalue weighted by Crippen LogP contribution is -2.08. The van der Waals surface area contributed by atoms with Crippen LogP contribution in [-0.2, 0) is 4.74 Å². The maximum absolute atomic E-state index is 11.4. The Hall–Kier alpha value is -1.23. The first-order valence-corrected chi connectivity index (χ1v) is 6.54. The molecule has 1 atom stereocenters. The molecule has 1 unspecified atom stereocenters. The van der Waals surface area contributed by atoms with Gasteiger partial charge in [-0.05, 0) is 12.0 Å². The van der Waals surface area contributed by atoms with Gasteiger partial charge in [-0.25, -0.2) is 9.78 Å². The molecule has 0 fully saturated rings. The lowest BCUT2D eigenvalue weighted by atomic mass is 10.2. The van der Waals surface area contributed by atoms with Crippen LogP contribution in [0.15, 0.2) is 17.3 Å². The van der Waals surface area contributed by atoms with Gasteiger partial charge in [0.2, 0.25) is 0 Å². The molecule has 0 aliphatic heterocycles. The Morgan fingerprint density at radius 2 is 2.35 bits per heavy atom. The zero-order valence-electron chi connectivity index (χ0n) is 10.4. The number of methoxy groups -OCH3 is 1. The van der Waals surface area contributed by atoms with Gasteiger partial charge in [-0.3, -0.25) is 0 Å². The first kappa shape index (κ1) is 13.8. The average molecular weight is 254 g/mol. The van der Waals surface area contributed by atoms with Crippen molar-refractivity contribution in [2.24, 2.45) is 5.92 Å². The Kier molecular flexibility index (Phi) is 5.28. The van der Waals surface area contributed by atoms with Gasteiger partial charge in [0.15, 0.2) is 0 Å². The fourth-order valence-electron chi connectivity index (χ4n) is 1.20. The van der Waals surface area contributed by atoms with E-state index < -0.39 is 5.97 Å². The van der Waals surface area contributed by atoms with Crippen molar-refractivity contribution in [3.8, 4) is 0 Å². The fourth-order valence-corrected chi connectivity index (χ4v) is 2.27. The lowest BCUT2D eigenvalue weighted by Gasteiger charge is -2.10. The number of anilines is 1. The van der Waals surface area contributed by atoms with Crippen LogP contribution in [0.4, 0.5) is 5.69 Å². The highest BCUT2D eigenvalue weighted by Crippen LogP contribution is 2.27. The molecule has 0 bridgehead atoms. The summed E-state index contributed by atoms with van der Waals surface area (Å²) in [5, 5.41) is 0.702. The van der Waals surface area contributed by atoms with Gasteiger partial charge in [0.05, 0.1) is 18.4 Å². The van der Waals surface area contributed by atoms with Crippen LogP contribution < -0.4 is 5.73 Å². The van der Waals surface area contributed by atoms with Crippen molar-refractivity contribution in [1.29, 1.82) is 0 Å². The molecule has 0 saturated heterocycles. The third kappa shape index (κ3) is 3.63. The summed E-state index contributed by atoms with van der Waals surface area (Å²) in [6.45, 7) is 4.32. The molecule has 17 heavy (non-hydrogen) atoms. The van der Waals surface area contributed by atoms with Gasteiger partial charge in [-0.1, -0.05) is 20.3 Å². The summed E-state index contributed by atoms with van der Waals surface area (Å²) in [7, 11) is 1.34. The molecule has 2 N–H and O–H groups in total. The van der Waals surface area contributed by atoms with Crippen molar-refractivity contribution in [2.45, 2.75) is 25.3 Å². The summed E-state index contributed by atoms with van der Waals surface area (Å²) in [6, 6.07) is 1.58. The lowest BCUT2D eigenvalue weighted by molar-refractivity contribution is 0.0601. The molecule has 5 heteroatoms. The zero-order chi connectivity index (χ0) is 12.8.